The maximum atomic E-state index is 12.9. The summed E-state index contributed by atoms with van der Waals surface area (Å²) in [6.07, 6.45) is 99.7. The van der Waals surface area contributed by atoms with Crippen LogP contribution < -0.4 is 0 Å². The minimum Gasteiger partial charge on any atom is -0.462 e. The van der Waals surface area contributed by atoms with Gasteiger partial charge >= 0.3 is 17.9 Å². The number of allylic oxidation sites excluding steroid dienone is 26. The van der Waals surface area contributed by atoms with Gasteiger partial charge in [-0.25, -0.2) is 0 Å². The summed E-state index contributed by atoms with van der Waals surface area (Å²) >= 11 is 0. The molecule has 0 aliphatic rings. The molecule has 0 rings (SSSR count). The van der Waals surface area contributed by atoms with Crippen LogP contribution in [0, 0.1) is 0 Å². The molecule has 462 valence electrons. The summed E-state index contributed by atoms with van der Waals surface area (Å²) < 4.78 is 16.9. The Morgan fingerprint density at radius 1 is 0.256 bits per heavy atom. The second-order valence-electron chi connectivity index (χ2n) is 21.6. The van der Waals surface area contributed by atoms with Gasteiger partial charge in [0.25, 0.3) is 0 Å². The van der Waals surface area contributed by atoms with Crippen LogP contribution in [-0.4, -0.2) is 37.2 Å². The van der Waals surface area contributed by atoms with Crippen LogP contribution in [0.1, 0.15) is 284 Å². The minimum atomic E-state index is -0.806. The van der Waals surface area contributed by atoms with Crippen molar-refractivity contribution < 1.29 is 28.6 Å². The molecule has 6 nitrogen and oxygen atoms in total. The first-order chi connectivity index (χ1) is 40.5. The molecule has 0 saturated carbocycles. The largest absolute Gasteiger partial charge is 0.462 e. The van der Waals surface area contributed by atoms with E-state index in [9.17, 15) is 14.4 Å². The summed E-state index contributed by atoms with van der Waals surface area (Å²) in [6.45, 7) is 6.34. The molecule has 82 heavy (non-hydrogen) atoms. The Balaban J connectivity index is 4.31. The van der Waals surface area contributed by atoms with Crippen molar-refractivity contribution >= 4 is 17.9 Å². The number of carbonyl (C=O) groups excluding carboxylic acids is 3. The van der Waals surface area contributed by atoms with Crippen LogP contribution in [0.5, 0.6) is 0 Å². The van der Waals surface area contributed by atoms with Crippen molar-refractivity contribution in [1.29, 1.82) is 0 Å². The Bertz CT molecular complexity index is 1830. The van der Waals surface area contributed by atoms with Crippen molar-refractivity contribution in [2.75, 3.05) is 13.2 Å². The lowest BCUT2D eigenvalue weighted by Gasteiger charge is -2.18. The predicted octanol–water partition coefficient (Wildman–Crippen LogP) is 23.3. The highest BCUT2D eigenvalue weighted by Crippen LogP contribution is 2.15. The second kappa shape index (κ2) is 68.5. The van der Waals surface area contributed by atoms with Crippen LogP contribution in [0.15, 0.2) is 158 Å². The molecule has 0 heterocycles. The van der Waals surface area contributed by atoms with E-state index in [-0.39, 0.29) is 31.1 Å². The molecule has 0 fully saturated rings. The van der Waals surface area contributed by atoms with Gasteiger partial charge in [-0.2, -0.15) is 0 Å². The molecule has 6 heteroatoms. The molecule has 0 N–H and O–H groups in total. The fraction of sp³-hybridized carbons (Fsp3) is 0.618. The summed E-state index contributed by atoms with van der Waals surface area (Å²) in [7, 11) is 0. The maximum absolute atomic E-state index is 12.9. The number of unbranched alkanes of at least 4 members (excludes halogenated alkanes) is 22. The zero-order valence-electron chi connectivity index (χ0n) is 52.9. The summed E-state index contributed by atoms with van der Waals surface area (Å²) in [5.74, 6) is -0.940. The molecule has 0 amide bonds. The molecule has 0 aliphatic heterocycles. The van der Waals surface area contributed by atoms with Gasteiger partial charge in [0.05, 0.1) is 0 Å². The van der Waals surface area contributed by atoms with Crippen LogP contribution in [0.4, 0.5) is 0 Å². The molecule has 0 aromatic carbocycles. The van der Waals surface area contributed by atoms with Crippen LogP contribution in [-0.2, 0) is 28.6 Å². The van der Waals surface area contributed by atoms with Crippen LogP contribution in [0.25, 0.3) is 0 Å². The van der Waals surface area contributed by atoms with E-state index in [0.29, 0.717) is 19.3 Å². The lowest BCUT2D eigenvalue weighted by atomic mass is 10.0. The van der Waals surface area contributed by atoms with Gasteiger partial charge < -0.3 is 14.2 Å². The summed E-state index contributed by atoms with van der Waals surface area (Å²) in [5.41, 5.74) is 0. The van der Waals surface area contributed by atoms with Crippen molar-refractivity contribution in [3.8, 4) is 0 Å². The fourth-order valence-corrected chi connectivity index (χ4v) is 8.78. The molecular weight excluding hydrogens is 1010 g/mol. The van der Waals surface area contributed by atoms with E-state index < -0.39 is 6.10 Å². The van der Waals surface area contributed by atoms with E-state index in [2.05, 4.69) is 179 Å². The average molecular weight is 1130 g/mol. The third kappa shape index (κ3) is 65.8. The van der Waals surface area contributed by atoms with Crippen LogP contribution in [0.3, 0.4) is 0 Å². The topological polar surface area (TPSA) is 78.9 Å². The van der Waals surface area contributed by atoms with E-state index in [1.54, 1.807) is 0 Å². The summed E-state index contributed by atoms with van der Waals surface area (Å²) in [6, 6.07) is 0. The zero-order chi connectivity index (χ0) is 59.2. The number of hydrogen-bond donors (Lipinski definition) is 0. The first kappa shape index (κ1) is 77.0. The zero-order valence-corrected chi connectivity index (χ0v) is 52.9. The highest BCUT2D eigenvalue weighted by molar-refractivity contribution is 5.71. The Labute approximate surface area is 505 Å². The average Bonchev–Trinajstić information content (AvgIpc) is 3.47. The number of hydrogen-bond acceptors (Lipinski definition) is 6. The van der Waals surface area contributed by atoms with E-state index >= 15 is 0 Å². The van der Waals surface area contributed by atoms with Crippen molar-refractivity contribution in [3.63, 3.8) is 0 Å². The monoisotopic (exact) mass is 1130 g/mol. The van der Waals surface area contributed by atoms with Gasteiger partial charge in [0.1, 0.15) is 13.2 Å². The number of carbonyl (C=O) groups is 3. The lowest BCUT2D eigenvalue weighted by Crippen LogP contribution is -2.30. The third-order valence-corrected chi connectivity index (χ3v) is 13.7. The van der Waals surface area contributed by atoms with E-state index in [0.717, 1.165) is 167 Å². The molecule has 0 radical (unpaired) electrons. The Morgan fingerprint density at radius 2 is 0.476 bits per heavy atom. The van der Waals surface area contributed by atoms with Crippen molar-refractivity contribution in [3.05, 3.63) is 158 Å². The van der Waals surface area contributed by atoms with Gasteiger partial charge in [0.2, 0.25) is 0 Å². The highest BCUT2D eigenvalue weighted by Gasteiger charge is 2.19. The molecule has 0 aromatic rings. The first-order valence-electron chi connectivity index (χ1n) is 33.5. The molecule has 0 saturated heterocycles. The molecule has 0 aliphatic carbocycles. The normalized spacial score (nSPS) is 13.2. The quantitative estimate of drug-likeness (QED) is 0.0261. The van der Waals surface area contributed by atoms with Gasteiger partial charge in [0, 0.05) is 19.3 Å². The molecule has 0 aromatic heterocycles. The van der Waals surface area contributed by atoms with E-state index in [1.807, 2.05) is 0 Å². The number of ether oxygens (including phenoxy) is 3. The van der Waals surface area contributed by atoms with Gasteiger partial charge in [0.15, 0.2) is 6.10 Å². The highest BCUT2D eigenvalue weighted by atomic mass is 16.6. The van der Waals surface area contributed by atoms with Gasteiger partial charge in [-0.15, -0.1) is 0 Å². The fourth-order valence-electron chi connectivity index (χ4n) is 8.78. The second-order valence-corrected chi connectivity index (χ2v) is 21.6. The van der Waals surface area contributed by atoms with E-state index in [4.69, 9.17) is 14.2 Å². The Morgan fingerprint density at radius 3 is 0.744 bits per heavy atom. The van der Waals surface area contributed by atoms with Crippen LogP contribution in [0.2, 0.25) is 0 Å². The SMILES string of the molecule is CC/C=C\C/C=C\C/C=C\C/C=C\C/C=C\C/C=C\C/C=C\CCCCCCCCCCCCCC(=O)OCC(COC(=O)CCCCCCC/C=C\C/C=C\CCCC)OC(=O)CCCCCC/C=C\C/C=C\C/C=C\C/C=C\CC. The molecule has 0 spiro atoms. The molecule has 1 atom stereocenters. The summed E-state index contributed by atoms with van der Waals surface area (Å²) in [5, 5.41) is 0. The van der Waals surface area contributed by atoms with Crippen molar-refractivity contribution in [2.24, 2.45) is 0 Å². The smallest absolute Gasteiger partial charge is 0.306 e. The third-order valence-electron chi connectivity index (χ3n) is 13.7. The standard InChI is InChI=1S/C76H122O6/c1-4-7-10-13-16-19-22-25-28-30-31-32-33-34-35-36-37-38-39-40-41-42-43-44-45-47-48-51-54-57-60-63-66-69-75(78)81-72-73(71-80-74(77)68-65-62-59-56-53-50-27-24-21-18-15-12-9-6-3)82-76(79)70-67-64-61-58-55-52-49-46-29-26-23-20-17-14-11-8-5-2/h7-8,10-11,15-20,24-29,31-32,34-35,37-38,40-41,49,52,73H,4-6,9,12-14,21-23,30,33,36,39,42-48,50-51,53-72H2,1-3H3/b10-7-,11-8-,18-15-,19-16-,20-17-,27-24-,28-25-,29-26-,32-31-,35-34-,38-37-,41-40-,52-49-. The minimum absolute atomic E-state index is 0.0991. The summed E-state index contributed by atoms with van der Waals surface area (Å²) in [4.78, 5) is 38.3. The van der Waals surface area contributed by atoms with Crippen LogP contribution >= 0.6 is 0 Å². The van der Waals surface area contributed by atoms with Crippen molar-refractivity contribution in [1.82, 2.24) is 0 Å². The van der Waals surface area contributed by atoms with Gasteiger partial charge in [-0.05, 0) is 141 Å². The predicted molar refractivity (Wildman–Crippen MR) is 357 cm³/mol. The van der Waals surface area contributed by atoms with E-state index in [1.165, 1.54) is 77.0 Å². The molecule has 1 unspecified atom stereocenters. The number of rotatable bonds is 59. The molecule has 0 bridgehead atoms. The Hall–Kier alpha value is -4.97. The molecular formula is C76H122O6. The maximum Gasteiger partial charge on any atom is 0.306 e. The van der Waals surface area contributed by atoms with Gasteiger partial charge in [-0.3, -0.25) is 14.4 Å². The lowest BCUT2D eigenvalue weighted by molar-refractivity contribution is -0.167. The van der Waals surface area contributed by atoms with Crippen molar-refractivity contribution in [2.45, 2.75) is 290 Å². The van der Waals surface area contributed by atoms with Gasteiger partial charge in [-0.1, -0.05) is 281 Å². The number of esters is 3. The Kier molecular flexibility index (Phi) is 64.4. The first-order valence-corrected chi connectivity index (χ1v) is 33.5.